The fraction of sp³-hybridized carbons (Fsp3) is 0.385. The van der Waals surface area contributed by atoms with Gasteiger partial charge in [-0.15, -0.1) is 23.1 Å². The van der Waals surface area contributed by atoms with E-state index in [4.69, 9.17) is 4.98 Å². The summed E-state index contributed by atoms with van der Waals surface area (Å²) in [7, 11) is 0. The lowest BCUT2D eigenvalue weighted by Gasteiger charge is -2.35. The van der Waals surface area contributed by atoms with Crippen LogP contribution >= 0.6 is 23.1 Å². The number of benzene rings is 2. The number of aryl methyl sites for hydroxylation is 1. The van der Waals surface area contributed by atoms with E-state index in [-0.39, 0.29) is 11.3 Å². The molecule has 5 nitrogen and oxygen atoms in total. The maximum Gasteiger partial charge on any atom is 0.233 e. The Morgan fingerprint density at radius 3 is 2.42 bits per heavy atom. The number of nitrogens with zero attached hydrogens (tertiary/aromatic N) is 4. The molecule has 1 amide bonds. The standard InChI is InChI=1S/C26H30N4OS2/c1-20-7-9-22(10-8-20)26-30(24(31)19-33-26)16-15-28-11-13-29(14-12-28)17-23-18-32-25(27-23)21-5-3-2-4-6-21/h2-10,18,26H,11-17,19H2,1H3. The maximum atomic E-state index is 12.5. The van der Waals surface area contributed by atoms with E-state index in [9.17, 15) is 4.79 Å². The van der Waals surface area contributed by atoms with Crippen LogP contribution in [0.2, 0.25) is 0 Å². The molecule has 2 aromatic carbocycles. The molecule has 1 unspecified atom stereocenters. The zero-order valence-electron chi connectivity index (χ0n) is 19.0. The lowest BCUT2D eigenvalue weighted by Crippen LogP contribution is -2.48. The largest absolute Gasteiger partial charge is 0.325 e. The number of aromatic nitrogens is 1. The van der Waals surface area contributed by atoms with E-state index in [1.165, 1.54) is 16.7 Å². The van der Waals surface area contributed by atoms with Gasteiger partial charge in [0.05, 0.1) is 11.4 Å². The van der Waals surface area contributed by atoms with Gasteiger partial charge in [0, 0.05) is 56.8 Å². The van der Waals surface area contributed by atoms with Crippen molar-refractivity contribution in [1.29, 1.82) is 0 Å². The number of carbonyl (C=O) groups excluding carboxylic acids is 1. The lowest BCUT2D eigenvalue weighted by atomic mass is 10.1. The van der Waals surface area contributed by atoms with Gasteiger partial charge in [0.25, 0.3) is 0 Å². The smallest absolute Gasteiger partial charge is 0.233 e. The summed E-state index contributed by atoms with van der Waals surface area (Å²) < 4.78 is 0. The molecule has 33 heavy (non-hydrogen) atoms. The molecule has 3 aromatic rings. The Kier molecular flexibility index (Phi) is 7.11. The lowest BCUT2D eigenvalue weighted by molar-refractivity contribution is -0.128. The van der Waals surface area contributed by atoms with Crippen LogP contribution < -0.4 is 0 Å². The zero-order valence-corrected chi connectivity index (χ0v) is 20.7. The third-order valence-corrected chi connectivity index (χ3v) is 8.61. The van der Waals surface area contributed by atoms with Crippen molar-refractivity contribution in [3.8, 4) is 10.6 Å². The topological polar surface area (TPSA) is 39.7 Å². The van der Waals surface area contributed by atoms with Crippen molar-refractivity contribution in [1.82, 2.24) is 19.7 Å². The minimum Gasteiger partial charge on any atom is -0.325 e. The molecule has 0 N–H and O–H groups in total. The molecule has 172 valence electrons. The Hall–Kier alpha value is -2.19. The van der Waals surface area contributed by atoms with Crippen molar-refractivity contribution < 1.29 is 4.79 Å². The molecule has 0 saturated carbocycles. The number of amides is 1. The third kappa shape index (κ3) is 5.49. The summed E-state index contributed by atoms with van der Waals surface area (Å²) >= 11 is 3.48. The van der Waals surface area contributed by atoms with Crippen molar-refractivity contribution in [2.75, 3.05) is 45.0 Å². The van der Waals surface area contributed by atoms with Crippen molar-refractivity contribution >= 4 is 29.0 Å². The SMILES string of the molecule is Cc1ccc(C2SCC(=O)N2CCN2CCN(Cc3csc(-c4ccccc4)n3)CC2)cc1. The van der Waals surface area contributed by atoms with Gasteiger partial charge in [-0.05, 0) is 12.5 Å². The van der Waals surface area contributed by atoms with Gasteiger partial charge in [0.15, 0.2) is 0 Å². The number of hydrogen-bond donors (Lipinski definition) is 0. The Labute approximate surface area is 204 Å². The first-order valence-electron chi connectivity index (χ1n) is 11.6. The summed E-state index contributed by atoms with van der Waals surface area (Å²) in [6.07, 6.45) is 0. The molecule has 2 aliphatic heterocycles. The Morgan fingerprint density at radius 1 is 0.939 bits per heavy atom. The van der Waals surface area contributed by atoms with Crippen molar-refractivity contribution in [2.45, 2.75) is 18.8 Å². The normalized spacial score (nSPS) is 20.0. The van der Waals surface area contributed by atoms with Crippen LogP contribution in [0.15, 0.2) is 60.0 Å². The van der Waals surface area contributed by atoms with Gasteiger partial charge < -0.3 is 4.90 Å². The molecular formula is C26H30N4OS2. The highest BCUT2D eigenvalue weighted by atomic mass is 32.2. The fourth-order valence-electron chi connectivity index (χ4n) is 4.45. The molecule has 0 spiro atoms. The van der Waals surface area contributed by atoms with Crippen molar-refractivity contribution in [2.24, 2.45) is 0 Å². The predicted molar refractivity (Wildman–Crippen MR) is 137 cm³/mol. The van der Waals surface area contributed by atoms with Crippen LogP contribution in [-0.4, -0.2) is 70.6 Å². The molecule has 7 heteroatoms. The van der Waals surface area contributed by atoms with E-state index in [1.807, 2.05) is 6.07 Å². The average molecular weight is 479 g/mol. The molecule has 1 atom stereocenters. The number of rotatable bonds is 7. The summed E-state index contributed by atoms with van der Waals surface area (Å²) in [5.74, 6) is 0.854. The highest BCUT2D eigenvalue weighted by Crippen LogP contribution is 2.38. The second-order valence-corrected chi connectivity index (χ2v) is 10.7. The number of hydrogen-bond acceptors (Lipinski definition) is 6. The Bertz CT molecular complexity index is 1060. The number of thioether (sulfide) groups is 1. The Morgan fingerprint density at radius 2 is 1.67 bits per heavy atom. The highest BCUT2D eigenvalue weighted by molar-refractivity contribution is 8.00. The molecule has 2 aliphatic rings. The molecule has 0 aliphatic carbocycles. The van der Waals surface area contributed by atoms with E-state index in [2.05, 4.69) is 75.5 Å². The van der Waals surface area contributed by atoms with Gasteiger partial charge in [0.2, 0.25) is 5.91 Å². The van der Waals surface area contributed by atoms with Crippen LogP contribution in [0.4, 0.5) is 0 Å². The second-order valence-electron chi connectivity index (χ2n) is 8.79. The van der Waals surface area contributed by atoms with Gasteiger partial charge in [-0.25, -0.2) is 4.98 Å². The summed E-state index contributed by atoms with van der Waals surface area (Å²) in [4.78, 5) is 24.4. The van der Waals surface area contributed by atoms with Crippen LogP contribution in [0.25, 0.3) is 10.6 Å². The van der Waals surface area contributed by atoms with Crippen LogP contribution in [-0.2, 0) is 11.3 Å². The van der Waals surface area contributed by atoms with E-state index in [0.717, 1.165) is 56.5 Å². The molecule has 0 bridgehead atoms. The van der Waals surface area contributed by atoms with Crippen LogP contribution in [0.5, 0.6) is 0 Å². The summed E-state index contributed by atoms with van der Waals surface area (Å²) in [5, 5.41) is 3.44. The zero-order chi connectivity index (χ0) is 22.6. The average Bonchev–Trinajstić information content (AvgIpc) is 3.46. The van der Waals surface area contributed by atoms with Crippen molar-refractivity contribution in [3.05, 3.63) is 76.8 Å². The predicted octanol–water partition coefficient (Wildman–Crippen LogP) is 4.51. The quantitative estimate of drug-likeness (QED) is 0.500. The van der Waals surface area contributed by atoms with Gasteiger partial charge in [-0.1, -0.05) is 60.2 Å². The van der Waals surface area contributed by atoms with Crippen LogP contribution in [0.3, 0.4) is 0 Å². The first-order valence-corrected chi connectivity index (χ1v) is 13.5. The number of thiazole rings is 1. The number of carbonyl (C=O) groups is 1. The summed E-state index contributed by atoms with van der Waals surface area (Å²) in [6, 6.07) is 19.0. The van der Waals surface area contributed by atoms with Crippen LogP contribution in [0, 0.1) is 6.92 Å². The summed E-state index contributed by atoms with van der Waals surface area (Å²) in [5.41, 5.74) is 4.84. The van der Waals surface area contributed by atoms with Gasteiger partial charge in [0.1, 0.15) is 10.4 Å². The van der Waals surface area contributed by atoms with E-state index in [0.29, 0.717) is 5.75 Å². The maximum absolute atomic E-state index is 12.5. The number of piperazine rings is 1. The molecule has 5 rings (SSSR count). The summed E-state index contributed by atoms with van der Waals surface area (Å²) in [6.45, 7) is 8.93. The monoisotopic (exact) mass is 478 g/mol. The van der Waals surface area contributed by atoms with Crippen LogP contribution in [0.1, 0.15) is 22.2 Å². The second kappa shape index (κ2) is 10.4. The van der Waals surface area contributed by atoms with Gasteiger partial charge in [-0.2, -0.15) is 0 Å². The fourth-order valence-corrected chi connectivity index (χ4v) is 6.48. The Balaban J connectivity index is 1.10. The van der Waals surface area contributed by atoms with Gasteiger partial charge >= 0.3 is 0 Å². The highest BCUT2D eigenvalue weighted by Gasteiger charge is 2.33. The first-order chi connectivity index (χ1) is 16.2. The molecular weight excluding hydrogens is 448 g/mol. The minimum atomic E-state index is 0.155. The molecule has 2 fully saturated rings. The molecule has 1 aromatic heterocycles. The van der Waals surface area contributed by atoms with Crippen molar-refractivity contribution in [3.63, 3.8) is 0 Å². The van der Waals surface area contributed by atoms with E-state index < -0.39 is 0 Å². The molecule has 0 radical (unpaired) electrons. The molecule has 3 heterocycles. The minimum absolute atomic E-state index is 0.155. The molecule has 2 saturated heterocycles. The van der Waals surface area contributed by atoms with Gasteiger partial charge in [-0.3, -0.25) is 14.6 Å². The van der Waals surface area contributed by atoms with E-state index in [1.54, 1.807) is 23.1 Å². The first kappa shape index (κ1) is 22.6. The van der Waals surface area contributed by atoms with E-state index >= 15 is 0 Å². The third-order valence-electron chi connectivity index (χ3n) is 6.41.